The van der Waals surface area contributed by atoms with Gasteiger partial charge in [-0.15, -0.1) is 0 Å². The lowest BCUT2D eigenvalue weighted by Crippen LogP contribution is -2.32. The van der Waals surface area contributed by atoms with Gasteiger partial charge in [0.05, 0.1) is 20.3 Å². The summed E-state index contributed by atoms with van der Waals surface area (Å²) in [5.74, 6) is 1.34. The zero-order valence-corrected chi connectivity index (χ0v) is 14.4. The van der Waals surface area contributed by atoms with E-state index in [9.17, 15) is 5.11 Å². The summed E-state index contributed by atoms with van der Waals surface area (Å²) >= 11 is 0. The third-order valence-electron chi connectivity index (χ3n) is 4.72. The molecule has 1 N–H and O–H groups in total. The Morgan fingerprint density at radius 2 is 1.79 bits per heavy atom. The van der Waals surface area contributed by atoms with E-state index in [0.717, 1.165) is 31.6 Å². The Bertz CT molecular complexity index is 686. The predicted molar refractivity (Wildman–Crippen MR) is 94.5 cm³/mol. The van der Waals surface area contributed by atoms with E-state index >= 15 is 0 Å². The smallest absolute Gasteiger partial charge is 0.161 e. The number of benzene rings is 2. The molecule has 1 aliphatic rings. The van der Waals surface area contributed by atoms with Gasteiger partial charge in [0.15, 0.2) is 11.5 Å². The minimum Gasteiger partial charge on any atom is -0.493 e. The molecule has 0 bridgehead atoms. The standard InChI is InChI=1S/C20H25NO3/c1-23-19-8-7-16(13-20(19)24-2)18(22)10-12-21-11-9-15-5-3-4-6-17(15)14-21/h3-8,13,18,22H,9-12,14H2,1-2H3. The van der Waals surface area contributed by atoms with E-state index in [0.29, 0.717) is 17.9 Å². The third kappa shape index (κ3) is 3.71. The number of nitrogens with zero attached hydrogens (tertiary/aromatic N) is 1. The second-order valence-corrected chi connectivity index (χ2v) is 6.21. The fourth-order valence-corrected chi connectivity index (χ4v) is 3.28. The molecule has 24 heavy (non-hydrogen) atoms. The van der Waals surface area contributed by atoms with Crippen molar-refractivity contribution in [3.8, 4) is 11.5 Å². The van der Waals surface area contributed by atoms with E-state index < -0.39 is 6.10 Å². The van der Waals surface area contributed by atoms with Gasteiger partial charge in [-0.05, 0) is 41.7 Å². The van der Waals surface area contributed by atoms with Gasteiger partial charge in [-0.1, -0.05) is 30.3 Å². The number of aliphatic hydroxyl groups excluding tert-OH is 1. The first-order valence-electron chi connectivity index (χ1n) is 8.40. The zero-order chi connectivity index (χ0) is 16.9. The van der Waals surface area contributed by atoms with E-state index in [4.69, 9.17) is 9.47 Å². The third-order valence-corrected chi connectivity index (χ3v) is 4.72. The van der Waals surface area contributed by atoms with E-state index in [1.807, 2.05) is 18.2 Å². The highest BCUT2D eigenvalue weighted by Gasteiger charge is 2.18. The van der Waals surface area contributed by atoms with Crippen molar-refractivity contribution in [1.82, 2.24) is 4.90 Å². The lowest BCUT2D eigenvalue weighted by atomic mass is 9.99. The molecule has 0 amide bonds. The van der Waals surface area contributed by atoms with Crippen LogP contribution in [0.25, 0.3) is 0 Å². The molecular formula is C20H25NO3. The number of aliphatic hydroxyl groups is 1. The summed E-state index contributed by atoms with van der Waals surface area (Å²) in [7, 11) is 3.22. The van der Waals surface area contributed by atoms with Crippen LogP contribution in [0.1, 0.15) is 29.2 Å². The molecule has 0 fully saturated rings. The number of rotatable bonds is 6. The summed E-state index contributed by atoms with van der Waals surface area (Å²) in [6.07, 6.45) is 1.29. The van der Waals surface area contributed by atoms with Crippen molar-refractivity contribution in [2.75, 3.05) is 27.3 Å². The Balaban J connectivity index is 1.59. The molecule has 1 unspecified atom stereocenters. The van der Waals surface area contributed by atoms with Crippen molar-refractivity contribution < 1.29 is 14.6 Å². The molecule has 0 aliphatic carbocycles. The Kier molecular flexibility index (Phi) is 5.38. The highest BCUT2D eigenvalue weighted by Crippen LogP contribution is 2.31. The fourth-order valence-electron chi connectivity index (χ4n) is 3.28. The van der Waals surface area contributed by atoms with Crippen molar-refractivity contribution in [3.63, 3.8) is 0 Å². The number of fused-ring (bicyclic) bond motifs is 1. The summed E-state index contributed by atoms with van der Waals surface area (Å²) in [5.41, 5.74) is 3.73. The van der Waals surface area contributed by atoms with E-state index in [1.165, 1.54) is 11.1 Å². The van der Waals surface area contributed by atoms with Crippen LogP contribution in [0.2, 0.25) is 0 Å². The monoisotopic (exact) mass is 327 g/mol. The van der Waals surface area contributed by atoms with Crippen LogP contribution in [-0.2, 0) is 13.0 Å². The lowest BCUT2D eigenvalue weighted by Gasteiger charge is -2.29. The summed E-state index contributed by atoms with van der Waals surface area (Å²) in [6.45, 7) is 2.90. The summed E-state index contributed by atoms with van der Waals surface area (Å²) in [5, 5.41) is 10.5. The number of ether oxygens (including phenoxy) is 2. The number of methoxy groups -OCH3 is 2. The number of hydrogen-bond donors (Lipinski definition) is 1. The predicted octanol–water partition coefficient (Wildman–Crippen LogP) is 3.19. The van der Waals surface area contributed by atoms with Crippen LogP contribution >= 0.6 is 0 Å². The van der Waals surface area contributed by atoms with Gasteiger partial charge in [0.2, 0.25) is 0 Å². The van der Waals surface area contributed by atoms with Crippen LogP contribution in [0.15, 0.2) is 42.5 Å². The van der Waals surface area contributed by atoms with Crippen LogP contribution in [0.5, 0.6) is 11.5 Å². The maximum Gasteiger partial charge on any atom is 0.161 e. The van der Waals surface area contributed by atoms with Crippen LogP contribution < -0.4 is 9.47 Å². The molecule has 128 valence electrons. The molecule has 1 atom stereocenters. The topological polar surface area (TPSA) is 41.9 Å². The zero-order valence-electron chi connectivity index (χ0n) is 14.4. The van der Waals surface area contributed by atoms with Gasteiger partial charge in [-0.3, -0.25) is 4.90 Å². The van der Waals surface area contributed by atoms with Crippen molar-refractivity contribution in [3.05, 3.63) is 59.2 Å². The van der Waals surface area contributed by atoms with Crippen molar-refractivity contribution in [2.24, 2.45) is 0 Å². The summed E-state index contributed by atoms with van der Waals surface area (Å²) < 4.78 is 10.6. The largest absolute Gasteiger partial charge is 0.493 e. The molecule has 4 nitrogen and oxygen atoms in total. The van der Waals surface area contributed by atoms with Gasteiger partial charge >= 0.3 is 0 Å². The van der Waals surface area contributed by atoms with Crippen molar-refractivity contribution in [2.45, 2.75) is 25.5 Å². The molecule has 0 aromatic heterocycles. The quantitative estimate of drug-likeness (QED) is 0.885. The molecule has 1 aliphatic heterocycles. The molecule has 2 aromatic carbocycles. The van der Waals surface area contributed by atoms with Gasteiger partial charge in [0, 0.05) is 19.6 Å². The fraction of sp³-hybridized carbons (Fsp3) is 0.400. The second kappa shape index (κ2) is 7.69. The molecule has 2 aromatic rings. The lowest BCUT2D eigenvalue weighted by molar-refractivity contribution is 0.137. The Morgan fingerprint density at radius 3 is 2.54 bits per heavy atom. The first-order chi connectivity index (χ1) is 11.7. The average molecular weight is 327 g/mol. The van der Waals surface area contributed by atoms with Gasteiger partial charge < -0.3 is 14.6 Å². The second-order valence-electron chi connectivity index (χ2n) is 6.21. The van der Waals surface area contributed by atoms with E-state index in [-0.39, 0.29) is 0 Å². The molecule has 0 radical (unpaired) electrons. The molecular weight excluding hydrogens is 302 g/mol. The van der Waals surface area contributed by atoms with Gasteiger partial charge in [-0.2, -0.15) is 0 Å². The van der Waals surface area contributed by atoms with Gasteiger partial charge in [-0.25, -0.2) is 0 Å². The van der Waals surface area contributed by atoms with E-state index in [2.05, 4.69) is 29.2 Å². The Hall–Kier alpha value is -2.04. The minimum atomic E-state index is -0.498. The normalized spacial score (nSPS) is 15.6. The highest BCUT2D eigenvalue weighted by atomic mass is 16.5. The van der Waals surface area contributed by atoms with Crippen LogP contribution in [0.3, 0.4) is 0 Å². The molecule has 0 spiro atoms. The highest BCUT2D eigenvalue weighted by molar-refractivity contribution is 5.43. The maximum atomic E-state index is 10.5. The van der Waals surface area contributed by atoms with Crippen molar-refractivity contribution in [1.29, 1.82) is 0 Å². The van der Waals surface area contributed by atoms with Crippen molar-refractivity contribution >= 4 is 0 Å². The molecule has 3 rings (SSSR count). The molecule has 0 saturated heterocycles. The van der Waals surface area contributed by atoms with Gasteiger partial charge in [0.1, 0.15) is 0 Å². The minimum absolute atomic E-state index is 0.498. The van der Waals surface area contributed by atoms with Crippen LogP contribution in [0, 0.1) is 0 Å². The summed E-state index contributed by atoms with van der Waals surface area (Å²) in [4.78, 5) is 2.41. The Labute approximate surface area is 143 Å². The summed E-state index contributed by atoms with van der Waals surface area (Å²) in [6, 6.07) is 14.2. The SMILES string of the molecule is COc1ccc(C(O)CCN2CCc3ccccc3C2)cc1OC. The number of hydrogen-bond acceptors (Lipinski definition) is 4. The van der Waals surface area contributed by atoms with Gasteiger partial charge in [0.25, 0.3) is 0 Å². The molecule has 4 heteroatoms. The van der Waals surface area contributed by atoms with Crippen LogP contribution in [0.4, 0.5) is 0 Å². The van der Waals surface area contributed by atoms with E-state index in [1.54, 1.807) is 14.2 Å². The Morgan fingerprint density at radius 1 is 1.04 bits per heavy atom. The molecule has 1 heterocycles. The van der Waals surface area contributed by atoms with Crippen LogP contribution in [-0.4, -0.2) is 37.3 Å². The maximum absolute atomic E-state index is 10.5. The molecule has 0 saturated carbocycles. The average Bonchev–Trinajstić information content (AvgIpc) is 2.65. The first kappa shape index (κ1) is 16.8. The first-order valence-corrected chi connectivity index (χ1v) is 8.40.